The van der Waals surface area contributed by atoms with Gasteiger partial charge in [-0.3, -0.25) is 0 Å². The molecular formula is C28H21ClN5OS2. The van der Waals surface area contributed by atoms with Crippen molar-refractivity contribution in [3.05, 3.63) is 82.7 Å². The normalized spacial score (nSPS) is 12.5. The van der Waals surface area contributed by atoms with Crippen molar-refractivity contribution in [1.82, 2.24) is 9.97 Å². The molecule has 0 bridgehead atoms. The van der Waals surface area contributed by atoms with Crippen LogP contribution in [-0.4, -0.2) is 29.7 Å². The fraction of sp³-hybridized carbons (Fsp3) is 0.179. The number of aromatic nitrogens is 2. The van der Waals surface area contributed by atoms with Crippen molar-refractivity contribution in [2.75, 3.05) is 24.6 Å². The molecule has 3 heterocycles. The Balaban J connectivity index is 1.51. The van der Waals surface area contributed by atoms with Crippen molar-refractivity contribution in [2.24, 2.45) is 0 Å². The predicted octanol–water partition coefficient (Wildman–Crippen LogP) is 6.98. The molecule has 0 atom stereocenters. The molecule has 9 heteroatoms. The van der Waals surface area contributed by atoms with Crippen LogP contribution in [0, 0.1) is 29.6 Å². The maximum absolute atomic E-state index is 10.2. The molecule has 1 aliphatic rings. The van der Waals surface area contributed by atoms with Crippen molar-refractivity contribution in [1.29, 1.82) is 10.5 Å². The number of nitrogens with zero attached hydrogens (tertiary/aromatic N) is 5. The highest BCUT2D eigenvalue weighted by molar-refractivity contribution is 7.98. The Morgan fingerprint density at radius 1 is 1.00 bits per heavy atom. The van der Waals surface area contributed by atoms with Crippen LogP contribution in [0.2, 0.25) is 5.02 Å². The lowest BCUT2D eigenvalue weighted by Gasteiger charge is -2.33. The Morgan fingerprint density at radius 3 is 2.32 bits per heavy atom. The van der Waals surface area contributed by atoms with E-state index in [4.69, 9.17) is 26.3 Å². The van der Waals surface area contributed by atoms with Crippen molar-refractivity contribution in [3.63, 3.8) is 0 Å². The van der Waals surface area contributed by atoms with Crippen LogP contribution in [0.5, 0.6) is 5.75 Å². The standard InChI is InChI=1S/C28H21ClN5OS2/c1-2-35-22-10-6-18(7-11-22)25-23(14-30)26(34-12-3-13-34)33-28(24(25)15-31)37-17-21-16-36-27(32-21)19-4-8-20(29)9-5-19/h4-11,16H,1-3,12-13,17H2. The van der Waals surface area contributed by atoms with E-state index in [0.717, 1.165) is 41.3 Å². The predicted molar refractivity (Wildman–Crippen MR) is 149 cm³/mol. The second kappa shape index (κ2) is 11.2. The molecule has 0 spiro atoms. The van der Waals surface area contributed by atoms with Gasteiger partial charge in [-0.1, -0.05) is 47.6 Å². The average Bonchev–Trinajstić information content (AvgIpc) is 3.36. The molecule has 37 heavy (non-hydrogen) atoms. The van der Waals surface area contributed by atoms with Gasteiger partial charge in [0.25, 0.3) is 0 Å². The van der Waals surface area contributed by atoms with E-state index in [2.05, 4.69) is 24.0 Å². The van der Waals surface area contributed by atoms with Crippen LogP contribution in [0.4, 0.5) is 5.82 Å². The Morgan fingerprint density at radius 2 is 1.70 bits per heavy atom. The lowest BCUT2D eigenvalue weighted by atomic mass is 9.96. The average molecular weight is 543 g/mol. The minimum Gasteiger partial charge on any atom is -0.494 e. The second-order valence-electron chi connectivity index (χ2n) is 8.24. The third-order valence-electron chi connectivity index (χ3n) is 5.94. The lowest BCUT2D eigenvalue weighted by molar-refractivity contribution is 0.361. The summed E-state index contributed by atoms with van der Waals surface area (Å²) in [5.41, 5.74) is 4.10. The summed E-state index contributed by atoms with van der Waals surface area (Å²) in [6.45, 7) is 5.70. The van der Waals surface area contributed by atoms with Gasteiger partial charge in [-0.2, -0.15) is 10.5 Å². The van der Waals surface area contributed by atoms with E-state index in [9.17, 15) is 10.5 Å². The summed E-state index contributed by atoms with van der Waals surface area (Å²) in [7, 11) is 0. The zero-order valence-corrected chi connectivity index (χ0v) is 22.2. The Labute approximate surface area is 229 Å². The van der Waals surface area contributed by atoms with Crippen molar-refractivity contribution in [3.8, 4) is 39.6 Å². The van der Waals surface area contributed by atoms with Crippen LogP contribution in [0.1, 0.15) is 23.2 Å². The van der Waals surface area contributed by atoms with Gasteiger partial charge in [-0.15, -0.1) is 11.3 Å². The summed E-state index contributed by atoms with van der Waals surface area (Å²) >= 11 is 9.04. The van der Waals surface area contributed by atoms with Crippen molar-refractivity contribution >= 4 is 40.5 Å². The highest BCUT2D eigenvalue weighted by Crippen LogP contribution is 2.40. The second-order valence-corrected chi connectivity index (χ2v) is 10.5. The van der Waals surface area contributed by atoms with Crippen LogP contribution in [0.25, 0.3) is 21.7 Å². The third kappa shape index (κ3) is 5.28. The van der Waals surface area contributed by atoms with Crippen LogP contribution >= 0.6 is 34.7 Å². The van der Waals surface area contributed by atoms with Gasteiger partial charge in [0.1, 0.15) is 39.3 Å². The number of pyridine rings is 1. The van der Waals surface area contributed by atoms with Gasteiger partial charge in [-0.25, -0.2) is 9.97 Å². The first-order valence-electron chi connectivity index (χ1n) is 11.6. The molecule has 183 valence electrons. The van der Waals surface area contributed by atoms with Gasteiger partial charge < -0.3 is 9.64 Å². The molecule has 0 unspecified atom stereocenters. The summed E-state index contributed by atoms with van der Waals surface area (Å²) in [5.74, 6) is 1.86. The molecule has 1 aliphatic heterocycles. The highest BCUT2D eigenvalue weighted by atomic mass is 35.5. The zero-order chi connectivity index (χ0) is 25.8. The number of anilines is 1. The molecule has 6 nitrogen and oxygen atoms in total. The number of hydrogen-bond donors (Lipinski definition) is 0. The maximum atomic E-state index is 10.2. The lowest BCUT2D eigenvalue weighted by Crippen LogP contribution is -2.38. The smallest absolute Gasteiger partial charge is 0.148 e. The molecule has 4 aromatic rings. The Hall–Kier alpha value is -3.56. The largest absolute Gasteiger partial charge is 0.494 e. The number of thioether (sulfide) groups is 1. The molecular weight excluding hydrogens is 522 g/mol. The Kier molecular flexibility index (Phi) is 7.62. The summed E-state index contributed by atoms with van der Waals surface area (Å²) < 4.78 is 5.47. The van der Waals surface area contributed by atoms with Gasteiger partial charge in [0.05, 0.1) is 17.9 Å². The maximum Gasteiger partial charge on any atom is 0.148 e. The molecule has 0 amide bonds. The molecule has 1 radical (unpaired) electrons. The van der Waals surface area contributed by atoms with E-state index in [1.807, 2.05) is 53.9 Å². The van der Waals surface area contributed by atoms with Gasteiger partial charge >= 0.3 is 0 Å². The first-order chi connectivity index (χ1) is 18.1. The molecule has 1 fully saturated rings. The first kappa shape index (κ1) is 25.1. The molecule has 0 saturated carbocycles. The molecule has 0 aliphatic carbocycles. The topological polar surface area (TPSA) is 85.8 Å². The summed E-state index contributed by atoms with van der Waals surface area (Å²) in [4.78, 5) is 11.7. The minimum atomic E-state index is 0.317. The quantitative estimate of drug-likeness (QED) is 0.222. The van der Waals surface area contributed by atoms with E-state index in [0.29, 0.717) is 50.7 Å². The highest BCUT2D eigenvalue weighted by Gasteiger charge is 2.27. The number of thiazole rings is 1. The fourth-order valence-corrected chi connectivity index (χ4v) is 5.92. The van der Waals surface area contributed by atoms with Gasteiger partial charge in [0.2, 0.25) is 0 Å². The molecule has 2 aromatic heterocycles. The SMILES string of the molecule is [CH2]COc1ccc(-c2c(C#N)c(SCc3csc(-c4ccc(Cl)cc4)n3)nc(N3CCC3)c2C#N)cc1. The number of hydrogen-bond acceptors (Lipinski definition) is 8. The van der Waals surface area contributed by atoms with E-state index in [1.165, 1.54) is 11.8 Å². The van der Waals surface area contributed by atoms with E-state index in [-0.39, 0.29) is 0 Å². The summed E-state index contributed by atoms with van der Waals surface area (Å²) in [6.07, 6.45) is 1.05. The van der Waals surface area contributed by atoms with Crippen molar-refractivity contribution < 1.29 is 4.74 Å². The van der Waals surface area contributed by atoms with Crippen LogP contribution in [0.3, 0.4) is 0 Å². The number of halogens is 1. The number of ether oxygens (including phenoxy) is 1. The van der Waals surface area contributed by atoms with Crippen LogP contribution in [-0.2, 0) is 5.75 Å². The third-order valence-corrected chi connectivity index (χ3v) is 8.14. The first-order valence-corrected chi connectivity index (χ1v) is 13.8. The van der Waals surface area contributed by atoms with Crippen molar-refractivity contribution in [2.45, 2.75) is 17.2 Å². The molecule has 5 rings (SSSR count). The van der Waals surface area contributed by atoms with E-state index in [1.54, 1.807) is 11.3 Å². The monoisotopic (exact) mass is 542 g/mol. The summed E-state index contributed by atoms with van der Waals surface area (Å²) in [5, 5.41) is 24.5. The van der Waals surface area contributed by atoms with Gasteiger partial charge in [0.15, 0.2) is 0 Å². The number of rotatable bonds is 8. The Bertz CT molecular complexity index is 1500. The minimum absolute atomic E-state index is 0.317. The molecule has 0 N–H and O–H groups in total. The van der Waals surface area contributed by atoms with Gasteiger partial charge in [0, 0.05) is 40.4 Å². The number of benzene rings is 2. The van der Waals surface area contributed by atoms with Crippen LogP contribution < -0.4 is 9.64 Å². The van der Waals surface area contributed by atoms with E-state index < -0.39 is 0 Å². The van der Waals surface area contributed by atoms with E-state index >= 15 is 0 Å². The van der Waals surface area contributed by atoms with Crippen LogP contribution in [0.15, 0.2) is 58.9 Å². The zero-order valence-electron chi connectivity index (χ0n) is 19.8. The molecule has 2 aromatic carbocycles. The number of nitriles is 2. The summed E-state index contributed by atoms with van der Waals surface area (Å²) in [6, 6.07) is 19.7. The fourth-order valence-electron chi connectivity index (χ4n) is 3.99. The molecule has 1 saturated heterocycles. The van der Waals surface area contributed by atoms with Gasteiger partial charge in [-0.05, 0) is 43.2 Å².